The van der Waals surface area contributed by atoms with Crippen molar-refractivity contribution in [1.29, 1.82) is 0 Å². The van der Waals surface area contributed by atoms with Crippen LogP contribution in [0, 0.1) is 0 Å². The molecule has 18 heavy (non-hydrogen) atoms. The van der Waals surface area contributed by atoms with Crippen molar-refractivity contribution in [3.63, 3.8) is 0 Å². The molecule has 0 bridgehead atoms. The quantitative estimate of drug-likeness (QED) is 0.731. The number of hydrogen-bond acceptors (Lipinski definition) is 4. The zero-order valence-electron chi connectivity index (χ0n) is 10.3. The molecule has 0 saturated heterocycles. The molecule has 0 unspecified atom stereocenters. The van der Waals surface area contributed by atoms with Crippen LogP contribution in [0.4, 0.5) is 10.7 Å². The van der Waals surface area contributed by atoms with E-state index in [0.717, 1.165) is 0 Å². The highest BCUT2D eigenvalue weighted by Crippen LogP contribution is 2.15. The van der Waals surface area contributed by atoms with Gasteiger partial charge in [-0.1, -0.05) is 13.8 Å². The molecule has 0 saturated carbocycles. The van der Waals surface area contributed by atoms with Crippen LogP contribution < -0.4 is 10.6 Å². The molecule has 0 atom stereocenters. The number of aromatic nitrogens is 2. The number of urea groups is 1. The fourth-order valence-electron chi connectivity index (χ4n) is 1.50. The lowest BCUT2D eigenvalue weighted by atomic mass is 9.93. The van der Waals surface area contributed by atoms with Crippen LogP contribution in [0.5, 0.6) is 0 Å². The van der Waals surface area contributed by atoms with E-state index in [0.29, 0.717) is 12.8 Å². The third-order valence-electron chi connectivity index (χ3n) is 2.76. The SMILES string of the molecule is CCC(CC)(NC(=O)Nc1ncccn1)C(=O)O. The second-order valence-electron chi connectivity index (χ2n) is 3.75. The highest BCUT2D eigenvalue weighted by atomic mass is 16.4. The van der Waals surface area contributed by atoms with Gasteiger partial charge < -0.3 is 10.4 Å². The molecule has 1 rings (SSSR count). The van der Waals surface area contributed by atoms with Gasteiger partial charge in [0.15, 0.2) is 0 Å². The van der Waals surface area contributed by atoms with Crippen molar-refractivity contribution >= 4 is 17.9 Å². The van der Waals surface area contributed by atoms with Crippen molar-refractivity contribution in [2.24, 2.45) is 0 Å². The van der Waals surface area contributed by atoms with Gasteiger partial charge in [0.05, 0.1) is 0 Å². The molecule has 0 aliphatic carbocycles. The summed E-state index contributed by atoms with van der Waals surface area (Å²) < 4.78 is 0. The summed E-state index contributed by atoms with van der Waals surface area (Å²) in [4.78, 5) is 30.5. The molecule has 1 aromatic heterocycles. The van der Waals surface area contributed by atoms with Gasteiger partial charge in [0, 0.05) is 12.4 Å². The highest BCUT2D eigenvalue weighted by molar-refractivity contribution is 5.92. The van der Waals surface area contributed by atoms with Crippen LogP contribution in [0.25, 0.3) is 0 Å². The van der Waals surface area contributed by atoms with Crippen LogP contribution in [0.15, 0.2) is 18.5 Å². The number of nitrogens with one attached hydrogen (secondary N) is 2. The summed E-state index contributed by atoms with van der Waals surface area (Å²) in [5, 5.41) is 14.0. The Bertz CT molecular complexity index is 418. The fourth-order valence-corrected chi connectivity index (χ4v) is 1.50. The second kappa shape index (κ2) is 5.95. The number of anilines is 1. The van der Waals surface area contributed by atoms with Crippen molar-refractivity contribution in [2.45, 2.75) is 32.2 Å². The number of carbonyl (C=O) groups is 2. The Morgan fingerprint density at radius 2 is 1.83 bits per heavy atom. The number of carbonyl (C=O) groups excluding carboxylic acids is 1. The van der Waals surface area contributed by atoms with E-state index in [1.807, 2.05) is 0 Å². The van der Waals surface area contributed by atoms with E-state index in [1.165, 1.54) is 12.4 Å². The number of carboxylic acid groups (broad SMARTS) is 1. The minimum atomic E-state index is -1.27. The minimum absolute atomic E-state index is 0.126. The third-order valence-corrected chi connectivity index (χ3v) is 2.76. The molecular formula is C11H16N4O3. The zero-order valence-corrected chi connectivity index (χ0v) is 10.3. The van der Waals surface area contributed by atoms with E-state index in [9.17, 15) is 9.59 Å². The summed E-state index contributed by atoms with van der Waals surface area (Å²) in [5.74, 6) is -0.932. The number of rotatable bonds is 5. The van der Waals surface area contributed by atoms with E-state index in [-0.39, 0.29) is 5.95 Å². The summed E-state index contributed by atoms with van der Waals surface area (Å²) in [6.45, 7) is 3.41. The summed E-state index contributed by atoms with van der Waals surface area (Å²) in [6, 6.07) is 0.982. The molecular weight excluding hydrogens is 236 g/mol. The van der Waals surface area contributed by atoms with Crippen LogP contribution >= 0.6 is 0 Å². The summed E-state index contributed by atoms with van der Waals surface area (Å²) in [5.41, 5.74) is -1.27. The Balaban J connectivity index is 2.71. The van der Waals surface area contributed by atoms with Gasteiger partial charge in [0.25, 0.3) is 0 Å². The standard InChI is InChI=1S/C11H16N4O3/c1-3-11(4-2,8(16)17)15-10(18)14-9-12-6-5-7-13-9/h5-7H,3-4H2,1-2H3,(H,16,17)(H2,12,13,14,15,18). The van der Waals surface area contributed by atoms with Crippen molar-refractivity contribution in [3.05, 3.63) is 18.5 Å². The first kappa shape index (κ1) is 13.9. The molecule has 3 N–H and O–H groups in total. The van der Waals surface area contributed by atoms with E-state index < -0.39 is 17.5 Å². The third kappa shape index (κ3) is 3.16. The first-order valence-electron chi connectivity index (χ1n) is 5.63. The van der Waals surface area contributed by atoms with Crippen LogP contribution in [0.3, 0.4) is 0 Å². The molecule has 0 aliphatic heterocycles. The average molecular weight is 252 g/mol. The number of nitrogens with zero attached hydrogens (tertiary/aromatic N) is 2. The van der Waals surface area contributed by atoms with E-state index in [2.05, 4.69) is 20.6 Å². The molecule has 0 spiro atoms. The monoisotopic (exact) mass is 252 g/mol. The molecule has 1 heterocycles. The predicted molar refractivity (Wildman–Crippen MR) is 65.1 cm³/mol. The van der Waals surface area contributed by atoms with Crippen LogP contribution in [-0.2, 0) is 4.79 Å². The minimum Gasteiger partial charge on any atom is -0.480 e. The van der Waals surface area contributed by atoms with Crippen LogP contribution in [0.1, 0.15) is 26.7 Å². The van der Waals surface area contributed by atoms with Crippen molar-refractivity contribution in [2.75, 3.05) is 5.32 Å². The van der Waals surface area contributed by atoms with Crippen molar-refractivity contribution < 1.29 is 14.7 Å². The van der Waals surface area contributed by atoms with Gasteiger partial charge in [-0.15, -0.1) is 0 Å². The van der Waals surface area contributed by atoms with Gasteiger partial charge in [-0.2, -0.15) is 0 Å². The van der Waals surface area contributed by atoms with Crippen molar-refractivity contribution in [3.8, 4) is 0 Å². The van der Waals surface area contributed by atoms with E-state index in [4.69, 9.17) is 5.11 Å². The molecule has 7 nitrogen and oxygen atoms in total. The van der Waals surface area contributed by atoms with Gasteiger partial charge >= 0.3 is 12.0 Å². The summed E-state index contributed by atoms with van der Waals surface area (Å²) >= 11 is 0. The molecule has 1 aromatic rings. The number of amides is 2. The second-order valence-corrected chi connectivity index (χ2v) is 3.75. The summed E-state index contributed by atoms with van der Waals surface area (Å²) in [7, 11) is 0. The van der Waals surface area contributed by atoms with E-state index >= 15 is 0 Å². The molecule has 98 valence electrons. The zero-order chi connectivity index (χ0) is 13.6. The molecule has 0 aromatic carbocycles. The lowest BCUT2D eigenvalue weighted by molar-refractivity contribution is -0.144. The maximum atomic E-state index is 11.7. The number of carboxylic acids is 1. The van der Waals surface area contributed by atoms with Gasteiger partial charge in [-0.05, 0) is 18.9 Å². The van der Waals surface area contributed by atoms with Gasteiger partial charge in [-0.25, -0.2) is 19.6 Å². The Morgan fingerprint density at radius 1 is 1.28 bits per heavy atom. The molecule has 7 heteroatoms. The first-order valence-corrected chi connectivity index (χ1v) is 5.63. The van der Waals surface area contributed by atoms with Crippen LogP contribution in [0.2, 0.25) is 0 Å². The Kier molecular flexibility index (Phi) is 4.59. The number of hydrogen-bond donors (Lipinski definition) is 3. The maximum Gasteiger partial charge on any atom is 0.329 e. The van der Waals surface area contributed by atoms with Crippen LogP contribution in [-0.4, -0.2) is 32.6 Å². The average Bonchev–Trinajstić information content (AvgIpc) is 2.37. The highest BCUT2D eigenvalue weighted by Gasteiger charge is 2.36. The normalized spacial score (nSPS) is 10.8. The Labute approximate surface area is 105 Å². The molecule has 0 fully saturated rings. The topological polar surface area (TPSA) is 104 Å². The Hall–Kier alpha value is -2.18. The lowest BCUT2D eigenvalue weighted by Crippen LogP contribution is -2.55. The Morgan fingerprint density at radius 3 is 2.28 bits per heavy atom. The molecule has 2 amide bonds. The fraction of sp³-hybridized carbons (Fsp3) is 0.455. The number of aliphatic carboxylic acids is 1. The largest absolute Gasteiger partial charge is 0.480 e. The van der Waals surface area contributed by atoms with Crippen molar-refractivity contribution in [1.82, 2.24) is 15.3 Å². The molecule has 0 aliphatic rings. The maximum absolute atomic E-state index is 11.7. The summed E-state index contributed by atoms with van der Waals surface area (Å²) in [6.07, 6.45) is 3.54. The first-order chi connectivity index (χ1) is 8.54. The lowest BCUT2D eigenvalue weighted by Gasteiger charge is -2.27. The molecule has 0 radical (unpaired) electrons. The van der Waals surface area contributed by atoms with E-state index in [1.54, 1.807) is 19.9 Å². The predicted octanol–water partition coefficient (Wildman–Crippen LogP) is 1.24. The van der Waals surface area contributed by atoms with Gasteiger partial charge in [0.1, 0.15) is 5.54 Å². The smallest absolute Gasteiger partial charge is 0.329 e. The van der Waals surface area contributed by atoms with Gasteiger partial charge in [-0.3, -0.25) is 5.32 Å². The van der Waals surface area contributed by atoms with Gasteiger partial charge in [0.2, 0.25) is 5.95 Å².